The largest absolute Gasteiger partial charge is 0.493 e. The molecule has 1 amide bonds. The van der Waals surface area contributed by atoms with Gasteiger partial charge in [-0.25, -0.2) is 13.2 Å². The molecule has 0 saturated heterocycles. The Hall–Kier alpha value is -2.59. The van der Waals surface area contributed by atoms with E-state index in [1.54, 1.807) is 0 Å². The zero-order chi connectivity index (χ0) is 24.5. The summed E-state index contributed by atoms with van der Waals surface area (Å²) in [4.78, 5) is 26.2. The number of sulfonamides is 1. The van der Waals surface area contributed by atoms with E-state index in [4.69, 9.17) is 9.47 Å². The number of carbonyl (C=O) groups excluding carboxylic acids is 2. The van der Waals surface area contributed by atoms with E-state index in [-0.39, 0.29) is 27.7 Å². The summed E-state index contributed by atoms with van der Waals surface area (Å²) in [6, 6.07) is 2.86. The van der Waals surface area contributed by atoms with E-state index >= 15 is 0 Å². The topological polar surface area (TPSA) is 120 Å². The van der Waals surface area contributed by atoms with Gasteiger partial charge in [-0.05, 0) is 85.5 Å². The van der Waals surface area contributed by atoms with Crippen molar-refractivity contribution in [3.63, 3.8) is 0 Å². The third-order valence-electron chi connectivity index (χ3n) is 7.40. The van der Waals surface area contributed by atoms with Crippen LogP contribution in [0.25, 0.3) is 6.08 Å². The van der Waals surface area contributed by atoms with Crippen LogP contribution in [-0.4, -0.2) is 41.6 Å². The first-order chi connectivity index (χ1) is 16.2. The van der Waals surface area contributed by atoms with Gasteiger partial charge in [0.05, 0.1) is 21.3 Å². The minimum absolute atomic E-state index is 0.0101. The minimum Gasteiger partial charge on any atom is -0.493 e. The van der Waals surface area contributed by atoms with Crippen LogP contribution in [0.5, 0.6) is 11.5 Å². The number of ether oxygens (including phenoxy) is 3. The summed E-state index contributed by atoms with van der Waals surface area (Å²) >= 11 is 0. The van der Waals surface area contributed by atoms with E-state index < -0.39 is 16.0 Å². The molecule has 4 fully saturated rings. The highest BCUT2D eigenvalue weighted by molar-refractivity contribution is 7.89. The number of carbonyl (C=O) groups is 2. The molecule has 0 aromatic heterocycles. The standard InChI is InChI=1S/C24H32N2O7S/c1-31-19-9-15(4-5-22(28)32-2)10-20(23(19)33-3)34(29,30)26-25-21(27)14-24-11-16-6-17(12-24)8-18(7-16)13-24/h4-5,9-10,16-18,26H,6-8,11-14H2,1-3H3,(H,25,27)/b5-4+. The summed E-state index contributed by atoms with van der Waals surface area (Å²) in [5.41, 5.74) is 2.77. The molecular formula is C24H32N2O7S. The summed E-state index contributed by atoms with van der Waals surface area (Å²) in [7, 11) is -0.254. The number of hydrazine groups is 1. The molecule has 9 nitrogen and oxygen atoms in total. The highest BCUT2D eigenvalue weighted by Gasteiger charge is 2.51. The van der Waals surface area contributed by atoms with Gasteiger partial charge in [0.15, 0.2) is 11.5 Å². The third-order valence-corrected chi connectivity index (χ3v) is 8.65. The quantitative estimate of drug-likeness (QED) is 0.309. The van der Waals surface area contributed by atoms with Gasteiger partial charge in [0, 0.05) is 12.5 Å². The van der Waals surface area contributed by atoms with Crippen molar-refractivity contribution in [2.45, 2.75) is 49.8 Å². The molecule has 4 aliphatic carbocycles. The van der Waals surface area contributed by atoms with Gasteiger partial charge in [-0.15, -0.1) is 4.83 Å². The average molecular weight is 493 g/mol. The van der Waals surface area contributed by atoms with Gasteiger partial charge >= 0.3 is 5.97 Å². The average Bonchev–Trinajstić information content (AvgIpc) is 2.79. The SMILES string of the molecule is COC(=O)/C=C/c1cc(OC)c(OC)c(S(=O)(=O)NNC(=O)CC23CC4CC(CC(C4)C2)C3)c1. The number of benzene rings is 1. The molecule has 2 N–H and O–H groups in total. The smallest absolute Gasteiger partial charge is 0.330 e. The molecule has 5 rings (SSSR count). The van der Waals surface area contributed by atoms with Crippen LogP contribution in [0.3, 0.4) is 0 Å². The molecule has 4 bridgehead atoms. The lowest BCUT2D eigenvalue weighted by Gasteiger charge is -2.56. The molecule has 0 aliphatic heterocycles. The van der Waals surface area contributed by atoms with Crippen LogP contribution >= 0.6 is 0 Å². The van der Waals surface area contributed by atoms with Gasteiger partial charge in [-0.1, -0.05) is 0 Å². The molecule has 0 heterocycles. The molecular weight excluding hydrogens is 460 g/mol. The maximum Gasteiger partial charge on any atom is 0.330 e. The lowest BCUT2D eigenvalue weighted by atomic mass is 9.49. The summed E-state index contributed by atoms with van der Waals surface area (Å²) in [5.74, 6) is 1.33. The maximum absolute atomic E-state index is 13.1. The van der Waals surface area contributed by atoms with Crippen molar-refractivity contribution in [1.29, 1.82) is 0 Å². The van der Waals surface area contributed by atoms with Crippen LogP contribution in [0, 0.1) is 23.2 Å². The van der Waals surface area contributed by atoms with E-state index in [0.717, 1.165) is 19.3 Å². The Morgan fingerprint density at radius 2 is 1.65 bits per heavy atom. The molecule has 0 radical (unpaired) electrons. The molecule has 10 heteroatoms. The maximum atomic E-state index is 13.1. The lowest BCUT2D eigenvalue weighted by Crippen LogP contribution is -2.50. The molecule has 186 valence electrons. The highest BCUT2D eigenvalue weighted by atomic mass is 32.2. The number of nitrogens with one attached hydrogen (secondary N) is 2. The first kappa shape index (κ1) is 24.5. The predicted octanol–water partition coefficient (Wildman–Crippen LogP) is 2.81. The fraction of sp³-hybridized carbons (Fsp3) is 0.583. The van der Waals surface area contributed by atoms with Crippen molar-refractivity contribution in [1.82, 2.24) is 10.3 Å². The number of esters is 1. The van der Waals surface area contributed by atoms with Crippen molar-refractivity contribution in [3.8, 4) is 11.5 Å². The Labute approximate surface area is 200 Å². The Morgan fingerprint density at radius 3 is 2.18 bits per heavy atom. The Kier molecular flexibility index (Phi) is 6.91. The predicted molar refractivity (Wildman–Crippen MR) is 124 cm³/mol. The molecule has 34 heavy (non-hydrogen) atoms. The van der Waals surface area contributed by atoms with Crippen molar-refractivity contribution in [2.75, 3.05) is 21.3 Å². The van der Waals surface area contributed by atoms with E-state index in [9.17, 15) is 18.0 Å². The fourth-order valence-electron chi connectivity index (χ4n) is 6.55. The van der Waals surface area contributed by atoms with Crippen LogP contribution in [0.4, 0.5) is 0 Å². The van der Waals surface area contributed by atoms with Gasteiger partial charge in [0.1, 0.15) is 4.90 Å². The van der Waals surface area contributed by atoms with Crippen molar-refractivity contribution in [3.05, 3.63) is 23.8 Å². The Balaban J connectivity index is 1.49. The van der Waals surface area contributed by atoms with Crippen LogP contribution < -0.4 is 19.7 Å². The molecule has 4 saturated carbocycles. The molecule has 1 aromatic carbocycles. The number of rotatable bonds is 9. The third kappa shape index (κ3) is 5.07. The van der Waals surface area contributed by atoms with Crippen molar-refractivity contribution in [2.24, 2.45) is 23.2 Å². The zero-order valence-corrected chi connectivity index (χ0v) is 20.6. The highest BCUT2D eigenvalue weighted by Crippen LogP contribution is 2.61. The van der Waals surface area contributed by atoms with Gasteiger partial charge in [0.25, 0.3) is 10.0 Å². The fourth-order valence-corrected chi connectivity index (χ4v) is 7.63. The zero-order valence-electron chi connectivity index (χ0n) is 19.8. The summed E-state index contributed by atoms with van der Waals surface area (Å²) < 4.78 is 41.4. The van der Waals surface area contributed by atoms with Gasteiger partial charge in [-0.2, -0.15) is 0 Å². The van der Waals surface area contributed by atoms with E-state index in [0.29, 0.717) is 29.7 Å². The number of amides is 1. The molecule has 1 aromatic rings. The Morgan fingerprint density at radius 1 is 1.03 bits per heavy atom. The van der Waals surface area contributed by atoms with E-state index in [1.165, 1.54) is 64.9 Å². The molecule has 0 atom stereocenters. The normalized spacial score (nSPS) is 27.6. The molecule has 0 unspecified atom stereocenters. The van der Waals surface area contributed by atoms with E-state index in [2.05, 4.69) is 15.0 Å². The van der Waals surface area contributed by atoms with Crippen LogP contribution in [-0.2, 0) is 24.3 Å². The van der Waals surface area contributed by atoms with E-state index in [1.807, 2.05) is 0 Å². The number of methoxy groups -OCH3 is 3. The Bertz CT molecular complexity index is 1060. The van der Waals surface area contributed by atoms with Crippen molar-refractivity contribution < 1.29 is 32.2 Å². The first-order valence-corrected chi connectivity index (χ1v) is 13.0. The molecule has 4 aliphatic rings. The summed E-state index contributed by atoms with van der Waals surface area (Å²) in [5, 5.41) is 0. The first-order valence-electron chi connectivity index (χ1n) is 11.5. The van der Waals surface area contributed by atoms with Crippen LogP contribution in [0.15, 0.2) is 23.1 Å². The summed E-state index contributed by atoms with van der Waals surface area (Å²) in [6.07, 6.45) is 9.87. The second-order valence-corrected chi connectivity index (χ2v) is 11.5. The number of hydrogen-bond acceptors (Lipinski definition) is 7. The second kappa shape index (κ2) is 9.58. The van der Waals surface area contributed by atoms with Gasteiger partial charge in [0.2, 0.25) is 5.91 Å². The number of hydrogen-bond donors (Lipinski definition) is 2. The lowest BCUT2D eigenvalue weighted by molar-refractivity contribution is -0.134. The van der Waals surface area contributed by atoms with Crippen LogP contribution in [0.1, 0.15) is 50.5 Å². The summed E-state index contributed by atoms with van der Waals surface area (Å²) in [6.45, 7) is 0. The monoisotopic (exact) mass is 492 g/mol. The second-order valence-electron chi connectivity index (χ2n) is 9.86. The molecule has 0 spiro atoms. The van der Waals surface area contributed by atoms with Crippen LogP contribution in [0.2, 0.25) is 0 Å². The van der Waals surface area contributed by atoms with Crippen molar-refractivity contribution >= 4 is 28.0 Å². The van der Waals surface area contributed by atoms with Gasteiger partial charge < -0.3 is 14.2 Å². The minimum atomic E-state index is -4.20. The van der Waals surface area contributed by atoms with Gasteiger partial charge in [-0.3, -0.25) is 10.2 Å².